The topological polar surface area (TPSA) is 26.0 Å². The Labute approximate surface area is 91.3 Å². The summed E-state index contributed by atoms with van der Waals surface area (Å²) < 4.78 is 5.24. The first-order valence-corrected chi connectivity index (χ1v) is 5.41. The van der Waals surface area contributed by atoms with Gasteiger partial charge in [-0.15, -0.1) is 0 Å². The van der Waals surface area contributed by atoms with Gasteiger partial charge in [0.2, 0.25) is 0 Å². The lowest BCUT2D eigenvalue weighted by molar-refractivity contribution is 0.580. The third-order valence-corrected chi connectivity index (χ3v) is 2.20. The summed E-state index contributed by atoms with van der Waals surface area (Å²) in [4.78, 5) is 4.08. The monoisotopic (exact) mass is 205 g/mol. The van der Waals surface area contributed by atoms with Crippen LogP contribution in [0.25, 0.3) is 11.1 Å². The number of oxazole rings is 1. The summed E-state index contributed by atoms with van der Waals surface area (Å²) in [6.07, 6.45) is 1.48. The van der Waals surface area contributed by atoms with E-state index in [2.05, 4.69) is 37.9 Å². The van der Waals surface area contributed by atoms with E-state index < -0.39 is 0 Å². The number of hydrogen-bond acceptors (Lipinski definition) is 2. The number of rotatable bonds is 0. The third-order valence-electron chi connectivity index (χ3n) is 2.20. The highest BCUT2D eigenvalue weighted by Gasteiger charge is 2.14. The fourth-order valence-corrected chi connectivity index (χ4v) is 1.32. The Morgan fingerprint density at radius 2 is 1.80 bits per heavy atom. The van der Waals surface area contributed by atoms with E-state index in [1.165, 1.54) is 12.0 Å². The van der Waals surface area contributed by atoms with Crippen LogP contribution in [0.4, 0.5) is 0 Å². The van der Waals surface area contributed by atoms with Crippen LogP contribution in [-0.4, -0.2) is 4.98 Å². The molecule has 0 spiro atoms. The molecule has 2 rings (SSSR count). The van der Waals surface area contributed by atoms with Crippen LogP contribution in [0.5, 0.6) is 0 Å². The van der Waals surface area contributed by atoms with Gasteiger partial charge in [-0.05, 0) is 23.1 Å². The van der Waals surface area contributed by atoms with E-state index in [1.54, 1.807) is 0 Å². The molecule has 2 aromatic rings. The molecular weight excluding hydrogens is 186 g/mol. The summed E-state index contributed by atoms with van der Waals surface area (Å²) in [6.45, 7) is 10.6. The Morgan fingerprint density at radius 3 is 2.40 bits per heavy atom. The lowest BCUT2D eigenvalue weighted by atomic mass is 9.87. The lowest BCUT2D eigenvalue weighted by Gasteiger charge is -2.18. The first kappa shape index (κ1) is 11.8. The Balaban J connectivity index is 0.000000531. The average Bonchev–Trinajstić information content (AvgIpc) is 2.66. The number of aromatic nitrogens is 1. The molecule has 1 aromatic heterocycles. The molecule has 15 heavy (non-hydrogen) atoms. The highest BCUT2D eigenvalue weighted by atomic mass is 16.3. The molecule has 0 radical (unpaired) electrons. The normalized spacial score (nSPS) is 11.0. The quantitative estimate of drug-likeness (QED) is 0.645. The predicted molar refractivity (Wildman–Crippen MR) is 64.1 cm³/mol. The molecule has 0 aliphatic rings. The molecular formula is C13H19NO. The molecule has 0 fully saturated rings. The second-order valence-corrected chi connectivity index (χ2v) is 4.28. The Kier molecular flexibility index (Phi) is 3.51. The van der Waals surface area contributed by atoms with E-state index in [4.69, 9.17) is 4.42 Å². The fourth-order valence-electron chi connectivity index (χ4n) is 1.32. The smallest absolute Gasteiger partial charge is 0.181 e. The van der Waals surface area contributed by atoms with Gasteiger partial charge in [0.15, 0.2) is 12.0 Å². The van der Waals surface area contributed by atoms with Crippen molar-refractivity contribution in [2.45, 2.75) is 40.0 Å². The molecule has 1 aromatic carbocycles. The summed E-state index contributed by atoms with van der Waals surface area (Å²) in [7, 11) is 0. The maximum Gasteiger partial charge on any atom is 0.181 e. The maximum atomic E-state index is 5.24. The molecule has 0 aliphatic carbocycles. The molecule has 0 unspecified atom stereocenters. The van der Waals surface area contributed by atoms with Gasteiger partial charge < -0.3 is 4.42 Å². The molecule has 1 heterocycles. The van der Waals surface area contributed by atoms with Crippen molar-refractivity contribution in [3.63, 3.8) is 0 Å². The minimum Gasteiger partial charge on any atom is -0.443 e. The van der Waals surface area contributed by atoms with Gasteiger partial charge in [-0.2, -0.15) is 0 Å². The number of benzene rings is 1. The van der Waals surface area contributed by atoms with Crippen LogP contribution >= 0.6 is 0 Å². The second-order valence-electron chi connectivity index (χ2n) is 4.28. The van der Waals surface area contributed by atoms with Crippen LogP contribution in [0.1, 0.15) is 40.2 Å². The molecule has 0 amide bonds. The Morgan fingerprint density at radius 1 is 1.13 bits per heavy atom. The van der Waals surface area contributed by atoms with Gasteiger partial charge in [0.25, 0.3) is 0 Å². The van der Waals surface area contributed by atoms with Crippen molar-refractivity contribution in [2.75, 3.05) is 0 Å². The van der Waals surface area contributed by atoms with Crippen LogP contribution in [0.2, 0.25) is 0 Å². The number of fused-ring (bicyclic) bond motifs is 1. The van der Waals surface area contributed by atoms with Crippen LogP contribution in [-0.2, 0) is 5.41 Å². The highest BCUT2D eigenvalue weighted by Crippen LogP contribution is 2.25. The summed E-state index contributed by atoms with van der Waals surface area (Å²) in [5.74, 6) is 0. The van der Waals surface area contributed by atoms with Crippen molar-refractivity contribution in [3.8, 4) is 0 Å². The number of nitrogens with zero attached hydrogens (tertiary/aromatic N) is 1. The van der Waals surface area contributed by atoms with E-state index in [-0.39, 0.29) is 5.41 Å². The van der Waals surface area contributed by atoms with Crippen molar-refractivity contribution in [3.05, 3.63) is 30.2 Å². The van der Waals surface area contributed by atoms with Crippen LogP contribution in [0, 0.1) is 0 Å². The molecule has 0 N–H and O–H groups in total. The van der Waals surface area contributed by atoms with Crippen molar-refractivity contribution >= 4 is 11.1 Å². The standard InChI is InChI=1S/C11H13NO.C2H6/c1-11(2,3)8-4-5-9-10(6-8)13-7-12-9;1-2/h4-7H,1-3H3;1-2H3. The van der Waals surface area contributed by atoms with Gasteiger partial charge in [0.05, 0.1) is 0 Å². The molecule has 0 bridgehead atoms. The fraction of sp³-hybridized carbons (Fsp3) is 0.462. The summed E-state index contributed by atoms with van der Waals surface area (Å²) in [5, 5.41) is 0. The predicted octanol–water partition coefficient (Wildman–Crippen LogP) is 4.15. The van der Waals surface area contributed by atoms with Crippen molar-refractivity contribution < 1.29 is 4.42 Å². The highest BCUT2D eigenvalue weighted by molar-refractivity contribution is 5.73. The molecule has 82 valence electrons. The maximum absolute atomic E-state index is 5.24. The van der Waals surface area contributed by atoms with E-state index >= 15 is 0 Å². The van der Waals surface area contributed by atoms with E-state index in [0.717, 1.165) is 11.1 Å². The molecule has 0 atom stereocenters. The lowest BCUT2D eigenvalue weighted by Crippen LogP contribution is -2.10. The summed E-state index contributed by atoms with van der Waals surface area (Å²) >= 11 is 0. The second kappa shape index (κ2) is 4.47. The van der Waals surface area contributed by atoms with Gasteiger partial charge in [0.1, 0.15) is 5.52 Å². The van der Waals surface area contributed by atoms with Crippen LogP contribution in [0.3, 0.4) is 0 Å². The zero-order chi connectivity index (χ0) is 11.5. The van der Waals surface area contributed by atoms with Gasteiger partial charge in [0, 0.05) is 0 Å². The van der Waals surface area contributed by atoms with Gasteiger partial charge in [-0.1, -0.05) is 40.7 Å². The van der Waals surface area contributed by atoms with E-state index in [0.29, 0.717) is 0 Å². The number of hydrogen-bond donors (Lipinski definition) is 0. The zero-order valence-electron chi connectivity index (χ0n) is 10.2. The van der Waals surface area contributed by atoms with Gasteiger partial charge in [-0.25, -0.2) is 4.98 Å². The largest absolute Gasteiger partial charge is 0.443 e. The summed E-state index contributed by atoms with van der Waals surface area (Å²) in [6, 6.07) is 6.16. The minimum atomic E-state index is 0.168. The van der Waals surface area contributed by atoms with Gasteiger partial charge in [-0.3, -0.25) is 0 Å². The Bertz CT molecular complexity index is 423. The van der Waals surface area contributed by atoms with E-state index in [9.17, 15) is 0 Å². The van der Waals surface area contributed by atoms with Crippen molar-refractivity contribution in [1.29, 1.82) is 0 Å². The summed E-state index contributed by atoms with van der Waals surface area (Å²) in [5.41, 5.74) is 3.23. The first-order valence-electron chi connectivity index (χ1n) is 5.41. The van der Waals surface area contributed by atoms with Crippen LogP contribution < -0.4 is 0 Å². The molecule has 0 aliphatic heterocycles. The third kappa shape index (κ3) is 2.58. The van der Waals surface area contributed by atoms with Crippen molar-refractivity contribution in [1.82, 2.24) is 4.98 Å². The first-order chi connectivity index (χ1) is 7.07. The average molecular weight is 205 g/mol. The van der Waals surface area contributed by atoms with Crippen molar-refractivity contribution in [2.24, 2.45) is 0 Å². The minimum absolute atomic E-state index is 0.168. The molecule has 0 saturated heterocycles. The van der Waals surface area contributed by atoms with E-state index in [1.807, 2.05) is 19.9 Å². The van der Waals surface area contributed by atoms with Gasteiger partial charge >= 0.3 is 0 Å². The van der Waals surface area contributed by atoms with Crippen LogP contribution in [0.15, 0.2) is 29.0 Å². The molecule has 2 heteroatoms. The SMILES string of the molecule is CC.CC(C)(C)c1ccc2ncoc2c1. The molecule has 2 nitrogen and oxygen atoms in total. The molecule has 0 saturated carbocycles. The Hall–Kier alpha value is -1.31. The zero-order valence-corrected chi connectivity index (χ0v) is 10.2.